The van der Waals surface area contributed by atoms with E-state index in [9.17, 15) is 24.0 Å². The molecular weight excluding hydrogens is 948 g/mol. The van der Waals surface area contributed by atoms with Crippen molar-refractivity contribution in [3.63, 3.8) is 0 Å². The zero-order chi connectivity index (χ0) is 50.9. The van der Waals surface area contributed by atoms with E-state index in [0.717, 1.165) is 63.7 Å². The summed E-state index contributed by atoms with van der Waals surface area (Å²) >= 11 is 6.69. The molecule has 4 heterocycles. The van der Waals surface area contributed by atoms with E-state index in [-0.39, 0.29) is 81.3 Å². The van der Waals surface area contributed by atoms with E-state index in [4.69, 9.17) is 31.5 Å². The molecule has 2 atom stereocenters. The number of methoxy groups -OCH3 is 2. The van der Waals surface area contributed by atoms with E-state index in [0.29, 0.717) is 61.6 Å². The minimum Gasteiger partial charge on any atom is -0.495 e. The standard InChI is InChI=1S/C54H62ClF2N7O8/c1-32-44-42(30-38(56)47(55)46(44)45-37(49(58)66)14-16-41(71-3)48(45)57)72-54(32,35-7-5-4-6-8-35)31-60-36-12-9-33(10-13-36)50(67)59-22-28-62-24-18-53(19-25-62)20-26-63(27-21-53)51(68)34-11-15-40(70-2)39(29-34)64-23-17-43(65)61-52(64)69/h4-8,11,14-16,29-30,32-33,36,60H,9-10,12-13,17-28,31H2,1-3H3,(H2,58,66)(H,59,67)(H,61,65,69)/t32-,33?,36?,54-/m0/s1. The van der Waals surface area contributed by atoms with Crippen molar-refractivity contribution in [1.82, 2.24) is 25.8 Å². The molecule has 18 heteroatoms. The number of benzene rings is 4. The SMILES string of the molecule is COc1ccc(C(=O)N2CCC3(CCN(CCNC(=O)C4CCC(NC[C@]5(c6ccccc6)Oc6cc(F)c(Cl)c(-c7c(C(N)=O)ccc(OC)c7F)c6[C@@H]5C)CC4)CC3)CC2)cc1N1CCC(=O)NC1=O. The van der Waals surface area contributed by atoms with Crippen molar-refractivity contribution >= 4 is 46.9 Å². The Labute approximate surface area is 423 Å². The van der Waals surface area contributed by atoms with Crippen LogP contribution in [0.25, 0.3) is 11.1 Å². The smallest absolute Gasteiger partial charge is 0.328 e. The Kier molecular flexibility index (Phi) is 14.8. The van der Waals surface area contributed by atoms with E-state index in [2.05, 4.69) is 20.9 Å². The Morgan fingerprint density at radius 1 is 0.875 bits per heavy atom. The first-order chi connectivity index (χ1) is 34.7. The fraction of sp³-hybridized carbons (Fsp3) is 0.463. The van der Waals surface area contributed by atoms with Gasteiger partial charge in [0.2, 0.25) is 17.7 Å². The minimum absolute atomic E-state index is 0.0138. The number of piperidine rings is 2. The van der Waals surface area contributed by atoms with Crippen LogP contribution in [0, 0.1) is 23.0 Å². The number of nitrogens with zero attached hydrogens (tertiary/aromatic N) is 3. The van der Waals surface area contributed by atoms with Crippen molar-refractivity contribution in [2.24, 2.45) is 17.1 Å². The molecule has 9 rings (SSSR count). The number of amides is 6. The highest BCUT2D eigenvalue weighted by molar-refractivity contribution is 6.34. The highest BCUT2D eigenvalue weighted by atomic mass is 35.5. The van der Waals surface area contributed by atoms with Gasteiger partial charge in [0.05, 0.1) is 30.5 Å². The first-order valence-corrected chi connectivity index (χ1v) is 25.3. The number of primary amides is 1. The lowest BCUT2D eigenvalue weighted by molar-refractivity contribution is -0.126. The summed E-state index contributed by atoms with van der Waals surface area (Å²) in [5.41, 5.74) is 6.55. The van der Waals surface area contributed by atoms with Gasteiger partial charge in [-0.2, -0.15) is 0 Å². The second kappa shape index (κ2) is 21.0. The van der Waals surface area contributed by atoms with Crippen molar-refractivity contribution in [1.29, 1.82) is 0 Å². The minimum atomic E-state index is -1.08. The van der Waals surface area contributed by atoms with Crippen LogP contribution in [0.15, 0.2) is 66.7 Å². The van der Waals surface area contributed by atoms with Crippen molar-refractivity contribution in [3.8, 4) is 28.4 Å². The third-order valence-corrected chi connectivity index (χ3v) is 16.4. The van der Waals surface area contributed by atoms with E-state index in [1.165, 1.54) is 37.3 Å². The van der Waals surface area contributed by atoms with Gasteiger partial charge in [0, 0.05) is 91.9 Å². The Morgan fingerprint density at radius 2 is 1.56 bits per heavy atom. The molecule has 4 aromatic rings. The van der Waals surface area contributed by atoms with Gasteiger partial charge in [0.15, 0.2) is 17.2 Å². The molecule has 15 nitrogen and oxygen atoms in total. The molecule has 5 N–H and O–H groups in total. The van der Waals surface area contributed by atoms with Crippen LogP contribution in [0.3, 0.4) is 0 Å². The second-order valence-electron chi connectivity index (χ2n) is 19.9. The monoisotopic (exact) mass is 1010 g/mol. The average Bonchev–Trinajstić information content (AvgIpc) is 3.67. The van der Waals surface area contributed by atoms with Crippen molar-refractivity contribution in [2.45, 2.75) is 82.3 Å². The molecule has 0 unspecified atom stereocenters. The van der Waals surface area contributed by atoms with Crippen LogP contribution in [-0.2, 0) is 15.2 Å². The Balaban J connectivity index is 0.754. The lowest BCUT2D eigenvalue weighted by Crippen LogP contribution is -2.50. The summed E-state index contributed by atoms with van der Waals surface area (Å²) in [4.78, 5) is 70.0. The van der Waals surface area contributed by atoms with Gasteiger partial charge >= 0.3 is 6.03 Å². The van der Waals surface area contributed by atoms with Gasteiger partial charge in [0.1, 0.15) is 17.3 Å². The maximum atomic E-state index is 16.2. The number of hydrogen-bond donors (Lipinski definition) is 4. The first-order valence-electron chi connectivity index (χ1n) is 24.9. The molecule has 0 bridgehead atoms. The molecule has 0 radical (unpaired) electrons. The molecule has 1 saturated carbocycles. The zero-order valence-electron chi connectivity index (χ0n) is 40.9. The van der Waals surface area contributed by atoms with Gasteiger partial charge in [-0.15, -0.1) is 0 Å². The summed E-state index contributed by atoms with van der Waals surface area (Å²) in [6.07, 6.45) is 6.96. The predicted molar refractivity (Wildman–Crippen MR) is 268 cm³/mol. The molecular formula is C54H62ClF2N7O8. The summed E-state index contributed by atoms with van der Waals surface area (Å²) in [5, 5.41) is 8.89. The summed E-state index contributed by atoms with van der Waals surface area (Å²) < 4.78 is 49.5. The molecule has 3 saturated heterocycles. The average molecular weight is 1010 g/mol. The van der Waals surface area contributed by atoms with Crippen LogP contribution in [0.2, 0.25) is 5.02 Å². The number of carbonyl (C=O) groups is 5. The number of rotatable bonds is 14. The molecule has 5 aliphatic rings. The molecule has 4 aromatic carbocycles. The second-order valence-corrected chi connectivity index (χ2v) is 20.3. The number of anilines is 1. The Bertz CT molecular complexity index is 2740. The van der Waals surface area contributed by atoms with E-state index in [1.807, 2.05) is 42.2 Å². The third kappa shape index (κ3) is 9.82. The number of halogens is 3. The summed E-state index contributed by atoms with van der Waals surface area (Å²) in [5.74, 6) is -3.18. The van der Waals surface area contributed by atoms with Crippen LogP contribution in [0.4, 0.5) is 19.3 Å². The Hall–Kier alpha value is -6.30. The third-order valence-electron chi connectivity index (χ3n) is 16.0. The highest BCUT2D eigenvalue weighted by Gasteiger charge is 2.50. The molecule has 6 amide bonds. The summed E-state index contributed by atoms with van der Waals surface area (Å²) in [6, 6.07) is 18.0. The highest BCUT2D eigenvalue weighted by Crippen LogP contribution is 2.56. The summed E-state index contributed by atoms with van der Waals surface area (Å²) in [6.45, 7) is 6.90. The molecule has 382 valence electrons. The van der Waals surface area contributed by atoms with Crippen molar-refractivity contribution in [2.75, 3.05) is 71.5 Å². The number of nitrogens with one attached hydrogen (secondary N) is 3. The van der Waals surface area contributed by atoms with Crippen LogP contribution < -0.4 is 40.8 Å². The Morgan fingerprint density at radius 3 is 2.22 bits per heavy atom. The molecule has 4 aliphatic heterocycles. The number of nitrogens with two attached hydrogens (primary N) is 1. The van der Waals surface area contributed by atoms with Gasteiger partial charge in [-0.1, -0.05) is 48.9 Å². The number of likely N-dealkylation sites (tertiary alicyclic amines) is 2. The van der Waals surface area contributed by atoms with Crippen molar-refractivity contribution < 1.29 is 47.0 Å². The molecule has 1 spiro atoms. The molecule has 1 aliphatic carbocycles. The quantitative estimate of drug-likeness (QED) is 0.0986. The summed E-state index contributed by atoms with van der Waals surface area (Å²) in [7, 11) is 2.80. The van der Waals surface area contributed by atoms with Crippen LogP contribution in [0.5, 0.6) is 17.2 Å². The van der Waals surface area contributed by atoms with Gasteiger partial charge in [0.25, 0.3) is 5.91 Å². The topological polar surface area (TPSA) is 185 Å². The van der Waals surface area contributed by atoms with Crippen LogP contribution in [0.1, 0.15) is 102 Å². The van der Waals surface area contributed by atoms with Gasteiger partial charge < -0.3 is 40.4 Å². The maximum Gasteiger partial charge on any atom is 0.328 e. The largest absolute Gasteiger partial charge is 0.495 e. The predicted octanol–water partition coefficient (Wildman–Crippen LogP) is 7.52. The number of fused-ring (bicyclic) bond motifs is 1. The molecule has 72 heavy (non-hydrogen) atoms. The van der Waals surface area contributed by atoms with Crippen molar-refractivity contribution in [3.05, 3.63) is 106 Å². The zero-order valence-corrected chi connectivity index (χ0v) is 41.7. The van der Waals surface area contributed by atoms with Gasteiger partial charge in [-0.25, -0.2) is 13.6 Å². The van der Waals surface area contributed by atoms with Gasteiger partial charge in [-0.3, -0.25) is 29.4 Å². The lowest BCUT2D eigenvalue weighted by Gasteiger charge is -2.47. The van der Waals surface area contributed by atoms with Gasteiger partial charge in [-0.05, 0) is 106 Å². The maximum absolute atomic E-state index is 16.2. The van der Waals surface area contributed by atoms with E-state index < -0.39 is 35.1 Å². The number of imide groups is 1. The van der Waals surface area contributed by atoms with E-state index in [1.54, 1.807) is 18.2 Å². The molecule has 4 fully saturated rings. The fourth-order valence-corrected chi connectivity index (χ4v) is 11.9. The number of urea groups is 1. The number of ether oxygens (including phenoxy) is 3. The van der Waals surface area contributed by atoms with Crippen LogP contribution in [-0.4, -0.2) is 112 Å². The van der Waals surface area contributed by atoms with E-state index >= 15 is 8.78 Å². The fourth-order valence-electron chi connectivity index (χ4n) is 11.7. The number of hydrogen-bond acceptors (Lipinski definition) is 10. The normalized spacial score (nSPS) is 23.0. The first kappa shape index (κ1) is 50.6. The molecule has 0 aromatic heterocycles. The van der Waals surface area contributed by atoms with Crippen LogP contribution >= 0.6 is 11.6 Å². The number of carbonyl (C=O) groups excluding carboxylic acids is 5. The lowest BCUT2D eigenvalue weighted by atomic mass is 9.71.